The maximum atomic E-state index is 11.8. The van der Waals surface area contributed by atoms with Crippen LogP contribution in [0.3, 0.4) is 0 Å². The molecule has 2 aromatic carbocycles. The number of rotatable bonds is 6. The zero-order valence-electron chi connectivity index (χ0n) is 15.6. The third-order valence-electron chi connectivity index (χ3n) is 3.76. The third-order valence-corrected chi connectivity index (χ3v) is 5.26. The molecular formula is C20H15Cl2N3O4S. The minimum absolute atomic E-state index is 0.169. The van der Waals surface area contributed by atoms with Gasteiger partial charge in [-0.3, -0.25) is 10.1 Å². The maximum absolute atomic E-state index is 11.8. The first-order valence-electron chi connectivity index (χ1n) is 8.52. The minimum atomic E-state index is -0.628. The number of hydrogen-bond acceptors (Lipinski definition) is 7. The van der Waals surface area contributed by atoms with Crippen LogP contribution in [0.5, 0.6) is 5.75 Å². The van der Waals surface area contributed by atoms with Crippen molar-refractivity contribution in [3.8, 4) is 5.75 Å². The largest absolute Gasteiger partial charge is 0.488 e. The number of amides is 1. The molecule has 0 atom stereocenters. The van der Waals surface area contributed by atoms with Gasteiger partial charge in [0.25, 0.3) is 5.91 Å². The van der Waals surface area contributed by atoms with E-state index in [1.54, 1.807) is 24.3 Å². The second-order valence-electron chi connectivity index (χ2n) is 5.80. The molecule has 0 bridgehead atoms. The van der Waals surface area contributed by atoms with Crippen LogP contribution < -0.4 is 10.1 Å². The van der Waals surface area contributed by atoms with Gasteiger partial charge in [-0.15, -0.1) is 5.10 Å². The molecule has 1 aliphatic rings. The molecule has 0 spiro atoms. The fourth-order valence-electron chi connectivity index (χ4n) is 2.31. The van der Waals surface area contributed by atoms with E-state index in [0.717, 1.165) is 23.4 Å². The number of esters is 1. The van der Waals surface area contributed by atoms with Crippen LogP contribution in [0, 0.1) is 0 Å². The summed E-state index contributed by atoms with van der Waals surface area (Å²) in [6, 6.07) is 12.5. The van der Waals surface area contributed by atoms with Gasteiger partial charge in [0.1, 0.15) is 12.4 Å². The summed E-state index contributed by atoms with van der Waals surface area (Å²) in [5.74, 6) is -0.542. The van der Waals surface area contributed by atoms with Crippen molar-refractivity contribution in [1.29, 1.82) is 0 Å². The van der Waals surface area contributed by atoms with Gasteiger partial charge >= 0.3 is 5.97 Å². The molecule has 0 unspecified atom stereocenters. The minimum Gasteiger partial charge on any atom is -0.488 e. The number of nitrogens with one attached hydrogen (secondary N) is 1. The average Bonchev–Trinajstić information content (AvgIpc) is 3.07. The number of halogens is 2. The van der Waals surface area contributed by atoms with E-state index in [-0.39, 0.29) is 16.7 Å². The number of carbonyl (C=O) groups excluding carboxylic acids is 2. The number of ether oxygens (including phenoxy) is 2. The van der Waals surface area contributed by atoms with E-state index in [0.29, 0.717) is 21.4 Å². The second kappa shape index (κ2) is 10.3. The zero-order chi connectivity index (χ0) is 21.5. The van der Waals surface area contributed by atoms with Gasteiger partial charge in [-0.05, 0) is 36.0 Å². The lowest BCUT2D eigenvalue weighted by molar-refractivity contribution is -0.135. The van der Waals surface area contributed by atoms with E-state index in [1.807, 2.05) is 18.2 Å². The molecule has 1 fully saturated rings. The second-order valence-corrected chi connectivity index (χ2v) is 7.67. The first-order chi connectivity index (χ1) is 14.5. The molecule has 0 aromatic heterocycles. The Morgan fingerprint density at radius 3 is 2.80 bits per heavy atom. The predicted molar refractivity (Wildman–Crippen MR) is 118 cm³/mol. The molecule has 1 saturated heterocycles. The number of hydrogen-bond donors (Lipinski definition) is 1. The highest BCUT2D eigenvalue weighted by Crippen LogP contribution is 2.25. The van der Waals surface area contributed by atoms with E-state index in [4.69, 9.17) is 27.9 Å². The monoisotopic (exact) mass is 463 g/mol. The number of carbonyl (C=O) groups is 2. The molecule has 2 aromatic rings. The van der Waals surface area contributed by atoms with Gasteiger partial charge in [0.05, 0.1) is 18.2 Å². The van der Waals surface area contributed by atoms with Crippen LogP contribution in [0.4, 0.5) is 0 Å². The topological polar surface area (TPSA) is 89.3 Å². The summed E-state index contributed by atoms with van der Waals surface area (Å²) in [5.41, 5.74) is 1.44. The summed E-state index contributed by atoms with van der Waals surface area (Å²) in [6.07, 6.45) is 2.54. The molecule has 1 N–H and O–H groups in total. The first-order valence-corrected chi connectivity index (χ1v) is 10.1. The fraction of sp³-hybridized carbons (Fsp3) is 0.100. The van der Waals surface area contributed by atoms with Crippen molar-refractivity contribution in [2.75, 3.05) is 7.11 Å². The Labute approximate surface area is 186 Å². The molecule has 1 amide bonds. The van der Waals surface area contributed by atoms with Crippen LogP contribution in [0.15, 0.2) is 63.6 Å². The lowest BCUT2D eigenvalue weighted by Gasteiger charge is -2.10. The quantitative estimate of drug-likeness (QED) is 0.300. The van der Waals surface area contributed by atoms with Crippen molar-refractivity contribution in [3.05, 3.63) is 74.6 Å². The van der Waals surface area contributed by atoms with Crippen molar-refractivity contribution in [1.82, 2.24) is 5.32 Å². The van der Waals surface area contributed by atoms with E-state index < -0.39 is 11.9 Å². The highest BCUT2D eigenvalue weighted by Gasteiger charge is 2.25. The Bertz CT molecular complexity index is 1070. The van der Waals surface area contributed by atoms with Gasteiger partial charge in [0, 0.05) is 27.2 Å². The molecule has 7 nitrogen and oxygen atoms in total. The van der Waals surface area contributed by atoms with E-state index in [1.165, 1.54) is 13.3 Å². The van der Waals surface area contributed by atoms with Crippen LogP contribution in [0.1, 0.15) is 11.1 Å². The zero-order valence-corrected chi connectivity index (χ0v) is 17.9. The summed E-state index contributed by atoms with van der Waals surface area (Å²) >= 11 is 13.2. The predicted octanol–water partition coefficient (Wildman–Crippen LogP) is 4.18. The summed E-state index contributed by atoms with van der Waals surface area (Å²) in [6.45, 7) is 0.268. The van der Waals surface area contributed by atoms with Gasteiger partial charge in [-0.25, -0.2) is 4.79 Å². The van der Waals surface area contributed by atoms with E-state index >= 15 is 0 Å². The Morgan fingerprint density at radius 1 is 1.23 bits per heavy atom. The average molecular weight is 464 g/mol. The molecular weight excluding hydrogens is 449 g/mol. The summed E-state index contributed by atoms with van der Waals surface area (Å²) in [5, 5.41) is 11.8. The third kappa shape index (κ3) is 5.85. The normalized spacial score (nSPS) is 16.3. The number of benzene rings is 2. The van der Waals surface area contributed by atoms with Crippen LogP contribution >= 0.6 is 35.0 Å². The molecule has 3 rings (SSSR count). The number of amidine groups is 1. The van der Waals surface area contributed by atoms with E-state index in [2.05, 4.69) is 20.3 Å². The standard InChI is InChI=1S/C20H15Cl2N3O4S/c1-28-18(26)9-17-19(27)24-20(30-17)25-23-10-13-8-14(21)6-7-16(13)29-11-12-4-2-3-5-15(12)22/h2-10H,11H2,1H3,(H,24,25,27)/b17-9+,23-10?. The van der Waals surface area contributed by atoms with Crippen LogP contribution in [0.2, 0.25) is 10.0 Å². The van der Waals surface area contributed by atoms with Gasteiger partial charge in [-0.1, -0.05) is 41.4 Å². The van der Waals surface area contributed by atoms with E-state index in [9.17, 15) is 9.59 Å². The number of methoxy groups -OCH3 is 1. The van der Waals surface area contributed by atoms with Crippen molar-refractivity contribution >= 4 is 58.2 Å². The molecule has 0 saturated carbocycles. The summed E-state index contributed by atoms with van der Waals surface area (Å²) < 4.78 is 10.4. The van der Waals surface area contributed by atoms with Crippen LogP contribution in [-0.4, -0.2) is 30.4 Å². The molecule has 1 aliphatic heterocycles. The maximum Gasteiger partial charge on any atom is 0.331 e. The van der Waals surface area contributed by atoms with Gasteiger partial charge in [0.15, 0.2) is 5.17 Å². The molecule has 154 valence electrons. The first kappa shape index (κ1) is 21.9. The highest BCUT2D eigenvalue weighted by molar-refractivity contribution is 8.18. The highest BCUT2D eigenvalue weighted by atomic mass is 35.5. The molecule has 0 aliphatic carbocycles. The number of nitrogens with zero attached hydrogens (tertiary/aromatic N) is 2. The Kier molecular flexibility index (Phi) is 7.51. The Morgan fingerprint density at radius 2 is 2.03 bits per heavy atom. The number of thioether (sulfide) groups is 1. The van der Waals surface area contributed by atoms with Crippen molar-refractivity contribution in [3.63, 3.8) is 0 Å². The van der Waals surface area contributed by atoms with Crippen molar-refractivity contribution < 1.29 is 19.1 Å². The molecule has 1 heterocycles. The fourth-order valence-corrected chi connectivity index (χ4v) is 3.42. The summed E-state index contributed by atoms with van der Waals surface area (Å²) in [7, 11) is 1.23. The Balaban J connectivity index is 1.72. The van der Waals surface area contributed by atoms with Crippen LogP contribution in [-0.2, 0) is 20.9 Å². The Hall–Kier alpha value is -2.81. The van der Waals surface area contributed by atoms with Gasteiger partial charge in [0.2, 0.25) is 0 Å². The molecule has 30 heavy (non-hydrogen) atoms. The van der Waals surface area contributed by atoms with Crippen molar-refractivity contribution in [2.45, 2.75) is 6.61 Å². The molecule has 10 heteroatoms. The van der Waals surface area contributed by atoms with Gasteiger partial charge in [-0.2, -0.15) is 5.10 Å². The lowest BCUT2D eigenvalue weighted by atomic mass is 10.2. The summed E-state index contributed by atoms with van der Waals surface area (Å²) in [4.78, 5) is 23.3. The van der Waals surface area contributed by atoms with Crippen molar-refractivity contribution in [2.24, 2.45) is 10.2 Å². The van der Waals surface area contributed by atoms with Crippen LogP contribution in [0.25, 0.3) is 0 Å². The van der Waals surface area contributed by atoms with Gasteiger partial charge < -0.3 is 9.47 Å². The molecule has 0 radical (unpaired) electrons. The lowest BCUT2D eigenvalue weighted by Crippen LogP contribution is -2.19. The SMILES string of the molecule is COC(=O)/C=C1/S/C(=N\N=Cc2cc(Cl)ccc2OCc2ccccc2Cl)NC1=O. The smallest absolute Gasteiger partial charge is 0.331 e.